The van der Waals surface area contributed by atoms with Crippen molar-refractivity contribution in [2.75, 3.05) is 19.7 Å². The molecule has 1 fully saturated rings. The first kappa shape index (κ1) is 18.0. The van der Waals surface area contributed by atoms with Gasteiger partial charge in [-0.1, -0.05) is 12.1 Å². The Balaban J connectivity index is 1.49. The minimum absolute atomic E-state index is 0.0487. The first-order chi connectivity index (χ1) is 12.4. The molecule has 2 heterocycles. The van der Waals surface area contributed by atoms with E-state index in [4.69, 9.17) is 14.9 Å². The lowest BCUT2D eigenvalue weighted by Crippen LogP contribution is -2.43. The van der Waals surface area contributed by atoms with Crippen LogP contribution in [0.15, 0.2) is 28.9 Å². The molecule has 0 spiro atoms. The SMILES string of the molecule is Cc1ccc2c(CC(=O)OCC(=O)N3CCC(C(N)=O)CC3)coc2c1. The quantitative estimate of drug-likeness (QED) is 0.817. The van der Waals surface area contributed by atoms with Crippen molar-refractivity contribution in [2.24, 2.45) is 11.7 Å². The van der Waals surface area contributed by atoms with Crippen molar-refractivity contribution >= 4 is 28.8 Å². The molecule has 2 N–H and O–H groups in total. The molecule has 3 rings (SSSR count). The smallest absolute Gasteiger partial charge is 0.310 e. The van der Waals surface area contributed by atoms with Gasteiger partial charge in [-0.2, -0.15) is 0 Å². The summed E-state index contributed by atoms with van der Waals surface area (Å²) in [5.74, 6) is -1.24. The number of piperidine rings is 1. The van der Waals surface area contributed by atoms with Gasteiger partial charge in [0.25, 0.3) is 5.91 Å². The van der Waals surface area contributed by atoms with E-state index >= 15 is 0 Å². The van der Waals surface area contributed by atoms with Gasteiger partial charge in [0, 0.05) is 30.0 Å². The van der Waals surface area contributed by atoms with Gasteiger partial charge < -0.3 is 19.8 Å². The Morgan fingerprint density at radius 3 is 2.69 bits per heavy atom. The zero-order valence-corrected chi connectivity index (χ0v) is 14.7. The normalized spacial score (nSPS) is 15.2. The maximum absolute atomic E-state index is 12.1. The molecule has 26 heavy (non-hydrogen) atoms. The van der Waals surface area contributed by atoms with Gasteiger partial charge >= 0.3 is 5.97 Å². The molecular formula is C19H22N2O5. The lowest BCUT2D eigenvalue weighted by molar-refractivity contribution is -0.152. The molecule has 1 aliphatic rings. The number of ether oxygens (including phenoxy) is 1. The van der Waals surface area contributed by atoms with E-state index in [1.807, 2.05) is 25.1 Å². The summed E-state index contributed by atoms with van der Waals surface area (Å²) < 4.78 is 10.6. The van der Waals surface area contributed by atoms with Gasteiger partial charge in [-0.15, -0.1) is 0 Å². The van der Waals surface area contributed by atoms with Crippen LogP contribution in [-0.4, -0.2) is 42.4 Å². The van der Waals surface area contributed by atoms with E-state index in [1.54, 1.807) is 11.2 Å². The van der Waals surface area contributed by atoms with E-state index in [9.17, 15) is 14.4 Å². The maximum Gasteiger partial charge on any atom is 0.310 e. The van der Waals surface area contributed by atoms with E-state index in [0.717, 1.165) is 22.1 Å². The van der Waals surface area contributed by atoms with Crippen molar-refractivity contribution in [3.63, 3.8) is 0 Å². The molecule has 0 saturated carbocycles. The largest absolute Gasteiger partial charge is 0.464 e. The van der Waals surface area contributed by atoms with Gasteiger partial charge in [-0.3, -0.25) is 14.4 Å². The van der Waals surface area contributed by atoms with Crippen molar-refractivity contribution in [3.05, 3.63) is 35.6 Å². The Morgan fingerprint density at radius 2 is 2.00 bits per heavy atom. The fraction of sp³-hybridized carbons (Fsp3) is 0.421. The van der Waals surface area contributed by atoms with E-state index in [-0.39, 0.29) is 30.8 Å². The molecule has 1 aromatic heterocycles. The molecule has 0 unspecified atom stereocenters. The summed E-state index contributed by atoms with van der Waals surface area (Å²) in [6, 6.07) is 5.76. The van der Waals surface area contributed by atoms with Crippen molar-refractivity contribution in [1.82, 2.24) is 4.90 Å². The summed E-state index contributed by atoms with van der Waals surface area (Å²) in [6.45, 7) is 2.58. The van der Waals surface area contributed by atoms with E-state index < -0.39 is 5.97 Å². The maximum atomic E-state index is 12.1. The molecule has 2 amide bonds. The molecular weight excluding hydrogens is 336 g/mol. The fourth-order valence-electron chi connectivity index (χ4n) is 3.18. The Labute approximate surface area is 151 Å². The Kier molecular flexibility index (Phi) is 5.25. The number of carbonyl (C=O) groups is 3. The second kappa shape index (κ2) is 7.59. The molecule has 2 aromatic rings. The van der Waals surface area contributed by atoms with Crippen LogP contribution >= 0.6 is 0 Å². The number of hydrogen-bond donors (Lipinski definition) is 1. The van der Waals surface area contributed by atoms with Crippen molar-refractivity contribution in [2.45, 2.75) is 26.2 Å². The highest BCUT2D eigenvalue weighted by Crippen LogP contribution is 2.23. The third kappa shape index (κ3) is 4.04. The van der Waals surface area contributed by atoms with Crippen LogP contribution < -0.4 is 5.73 Å². The van der Waals surface area contributed by atoms with Crippen LogP contribution in [0, 0.1) is 12.8 Å². The number of carbonyl (C=O) groups excluding carboxylic acids is 3. The summed E-state index contributed by atoms with van der Waals surface area (Å²) in [6.07, 6.45) is 2.69. The highest BCUT2D eigenvalue weighted by molar-refractivity contribution is 5.87. The van der Waals surface area contributed by atoms with E-state index in [0.29, 0.717) is 25.9 Å². The predicted octanol–water partition coefficient (Wildman–Crippen LogP) is 1.55. The van der Waals surface area contributed by atoms with E-state index in [1.165, 1.54) is 0 Å². The number of rotatable bonds is 5. The number of amides is 2. The standard InChI is InChI=1S/C19H22N2O5/c1-12-2-3-15-14(10-25-16(15)8-12)9-18(23)26-11-17(22)21-6-4-13(5-7-21)19(20)24/h2-3,8,10,13H,4-7,9,11H2,1H3,(H2,20,24). The number of esters is 1. The van der Waals surface area contributed by atoms with Crippen LogP contribution in [0.4, 0.5) is 0 Å². The molecule has 1 aliphatic heterocycles. The number of fused-ring (bicyclic) bond motifs is 1. The number of aryl methyl sites for hydroxylation is 1. The van der Waals surface area contributed by atoms with Gasteiger partial charge in [0.2, 0.25) is 5.91 Å². The predicted molar refractivity (Wildman–Crippen MR) is 94.1 cm³/mol. The van der Waals surface area contributed by atoms with Crippen molar-refractivity contribution < 1.29 is 23.5 Å². The highest BCUT2D eigenvalue weighted by atomic mass is 16.5. The minimum Gasteiger partial charge on any atom is -0.464 e. The van der Waals surface area contributed by atoms with Crippen LogP contribution in [0.3, 0.4) is 0 Å². The lowest BCUT2D eigenvalue weighted by Gasteiger charge is -2.30. The molecule has 1 saturated heterocycles. The number of nitrogens with zero attached hydrogens (tertiary/aromatic N) is 1. The first-order valence-electron chi connectivity index (χ1n) is 8.63. The molecule has 0 atom stereocenters. The zero-order chi connectivity index (χ0) is 18.7. The number of nitrogens with two attached hydrogens (primary N) is 1. The Bertz CT molecular complexity index is 834. The second-order valence-corrected chi connectivity index (χ2v) is 6.66. The fourth-order valence-corrected chi connectivity index (χ4v) is 3.18. The molecule has 1 aromatic carbocycles. The number of hydrogen-bond acceptors (Lipinski definition) is 5. The number of primary amides is 1. The van der Waals surface area contributed by atoms with Crippen LogP contribution in [0.2, 0.25) is 0 Å². The van der Waals surface area contributed by atoms with Gasteiger partial charge in [-0.25, -0.2) is 0 Å². The van der Waals surface area contributed by atoms with E-state index in [2.05, 4.69) is 0 Å². The summed E-state index contributed by atoms with van der Waals surface area (Å²) in [5, 5.41) is 0.868. The van der Waals surface area contributed by atoms with Gasteiger partial charge in [-0.05, 0) is 31.4 Å². The number of furan rings is 1. The van der Waals surface area contributed by atoms with Crippen LogP contribution in [0.5, 0.6) is 0 Å². The minimum atomic E-state index is -0.478. The zero-order valence-electron chi connectivity index (χ0n) is 14.7. The van der Waals surface area contributed by atoms with Crippen molar-refractivity contribution in [3.8, 4) is 0 Å². The van der Waals surface area contributed by atoms with Crippen molar-refractivity contribution in [1.29, 1.82) is 0 Å². The summed E-state index contributed by atoms with van der Waals surface area (Å²) >= 11 is 0. The van der Waals surface area contributed by atoms with Gasteiger partial charge in [0.15, 0.2) is 6.61 Å². The monoisotopic (exact) mass is 358 g/mol. The first-order valence-corrected chi connectivity index (χ1v) is 8.63. The second-order valence-electron chi connectivity index (χ2n) is 6.66. The highest BCUT2D eigenvalue weighted by Gasteiger charge is 2.26. The Morgan fingerprint density at radius 1 is 1.27 bits per heavy atom. The molecule has 7 heteroatoms. The summed E-state index contributed by atoms with van der Waals surface area (Å²) in [7, 11) is 0. The van der Waals surface area contributed by atoms with Crippen LogP contribution in [0.25, 0.3) is 11.0 Å². The third-order valence-electron chi connectivity index (χ3n) is 4.75. The molecule has 138 valence electrons. The van der Waals surface area contributed by atoms with Gasteiger partial charge in [0.05, 0.1) is 12.7 Å². The number of benzene rings is 1. The van der Waals surface area contributed by atoms with Gasteiger partial charge in [0.1, 0.15) is 5.58 Å². The van der Waals surface area contributed by atoms with Crippen LogP contribution in [-0.2, 0) is 25.5 Å². The molecule has 0 aliphatic carbocycles. The molecule has 0 bridgehead atoms. The Hall–Kier alpha value is -2.83. The summed E-state index contributed by atoms with van der Waals surface area (Å²) in [4.78, 5) is 36.9. The average molecular weight is 358 g/mol. The molecule has 0 radical (unpaired) electrons. The third-order valence-corrected chi connectivity index (χ3v) is 4.75. The summed E-state index contributed by atoms with van der Waals surface area (Å²) in [5.41, 5.74) is 7.81. The lowest BCUT2D eigenvalue weighted by atomic mass is 9.96. The average Bonchev–Trinajstić information content (AvgIpc) is 3.01. The molecule has 7 nitrogen and oxygen atoms in total. The van der Waals surface area contributed by atoms with Crippen LogP contribution in [0.1, 0.15) is 24.0 Å². The topological polar surface area (TPSA) is 103 Å². The number of likely N-dealkylation sites (tertiary alicyclic amines) is 1.